The van der Waals surface area contributed by atoms with Crippen LogP contribution < -0.4 is 11.5 Å². The molecule has 84 valence electrons. The van der Waals surface area contributed by atoms with Crippen LogP contribution in [0.5, 0.6) is 0 Å². The van der Waals surface area contributed by atoms with Crippen molar-refractivity contribution in [3.8, 4) is 0 Å². The molecule has 0 bridgehead atoms. The molecule has 2 amide bonds. The van der Waals surface area contributed by atoms with Crippen molar-refractivity contribution in [2.45, 2.75) is 6.92 Å². The zero-order chi connectivity index (χ0) is 12.3. The second-order valence-electron chi connectivity index (χ2n) is 2.33. The molecule has 0 radical (unpaired) electrons. The summed E-state index contributed by atoms with van der Waals surface area (Å²) >= 11 is 0. The van der Waals surface area contributed by atoms with Gasteiger partial charge in [0.25, 0.3) is 0 Å². The Bertz CT molecular complexity index is 267. The molecule has 15 heavy (non-hydrogen) atoms. The highest BCUT2D eigenvalue weighted by atomic mass is 16.4. The number of carboxylic acid groups (broad SMARTS) is 2. The minimum absolute atomic E-state index is 1.32. The third-order valence-corrected chi connectivity index (χ3v) is 0.940. The molecule has 0 aromatic heterocycles. The van der Waals surface area contributed by atoms with Crippen molar-refractivity contribution in [2.75, 3.05) is 0 Å². The van der Waals surface area contributed by atoms with Gasteiger partial charge in [0, 0.05) is 0 Å². The highest BCUT2D eigenvalue weighted by molar-refractivity contribution is 5.61. The van der Waals surface area contributed by atoms with Crippen molar-refractivity contribution >= 4 is 12.2 Å². The molecular formula is C9H14N2O4. The summed E-state index contributed by atoms with van der Waals surface area (Å²) in [6, 6.07) is 10.3. The normalized spacial score (nSPS) is 7.27. The third-order valence-electron chi connectivity index (χ3n) is 0.940. The molecule has 0 aliphatic heterocycles. The molecule has 6 nitrogen and oxygen atoms in total. The van der Waals surface area contributed by atoms with Crippen LogP contribution in [0.25, 0.3) is 0 Å². The molecule has 0 fully saturated rings. The summed E-state index contributed by atoms with van der Waals surface area (Å²) in [5.41, 5.74) is 9.38. The van der Waals surface area contributed by atoms with Gasteiger partial charge in [-0.3, -0.25) is 0 Å². The van der Waals surface area contributed by atoms with Crippen LogP contribution in [0.2, 0.25) is 0 Å². The van der Waals surface area contributed by atoms with Gasteiger partial charge in [-0.15, -0.1) is 0 Å². The number of nitrogens with two attached hydrogens (primary N) is 2. The predicted octanol–water partition coefficient (Wildman–Crippen LogP) is 1.24. The molecule has 0 spiro atoms. The first kappa shape index (κ1) is 15.2. The van der Waals surface area contributed by atoms with E-state index in [4.69, 9.17) is 19.8 Å². The van der Waals surface area contributed by atoms with Gasteiger partial charge in [0.15, 0.2) is 0 Å². The highest BCUT2D eigenvalue weighted by Crippen LogP contribution is 1.92. The number of benzene rings is 1. The van der Waals surface area contributed by atoms with Gasteiger partial charge in [-0.1, -0.05) is 35.9 Å². The zero-order valence-corrected chi connectivity index (χ0v) is 8.25. The maximum atomic E-state index is 8.78. The van der Waals surface area contributed by atoms with Crippen LogP contribution in [-0.2, 0) is 0 Å². The van der Waals surface area contributed by atoms with Crippen LogP contribution in [0.3, 0.4) is 0 Å². The Morgan fingerprint density at radius 2 is 1.27 bits per heavy atom. The molecule has 6 N–H and O–H groups in total. The molecule has 1 aromatic carbocycles. The lowest BCUT2D eigenvalue weighted by atomic mass is 10.2. The summed E-state index contributed by atoms with van der Waals surface area (Å²) in [5.74, 6) is 0. The van der Waals surface area contributed by atoms with E-state index in [0.717, 1.165) is 0 Å². The number of hydrogen-bond acceptors (Lipinski definition) is 2. The second-order valence-corrected chi connectivity index (χ2v) is 2.33. The van der Waals surface area contributed by atoms with Gasteiger partial charge in [-0.2, -0.15) is 0 Å². The van der Waals surface area contributed by atoms with Crippen LogP contribution in [-0.4, -0.2) is 22.4 Å². The summed E-state index contributed by atoms with van der Waals surface area (Å²) < 4.78 is 0. The van der Waals surface area contributed by atoms with E-state index in [-0.39, 0.29) is 0 Å². The highest BCUT2D eigenvalue weighted by Gasteiger charge is 1.72. The Balaban J connectivity index is 0. The largest absolute Gasteiger partial charge is 0.465 e. The first-order chi connectivity index (χ1) is 6.86. The first-order valence-corrected chi connectivity index (χ1v) is 3.84. The predicted molar refractivity (Wildman–Crippen MR) is 55.6 cm³/mol. The monoisotopic (exact) mass is 214 g/mol. The fourth-order valence-corrected chi connectivity index (χ4v) is 0.534. The third kappa shape index (κ3) is 33.8. The number of amides is 2. The number of rotatable bonds is 0. The smallest absolute Gasteiger partial charge is 0.402 e. The average Bonchev–Trinajstić information content (AvgIpc) is 2.03. The lowest BCUT2D eigenvalue weighted by molar-refractivity contribution is 0.204. The summed E-state index contributed by atoms with van der Waals surface area (Å²) in [6.07, 6.45) is -2.67. The average molecular weight is 214 g/mol. The van der Waals surface area contributed by atoms with Gasteiger partial charge in [0.1, 0.15) is 0 Å². The van der Waals surface area contributed by atoms with Crippen molar-refractivity contribution in [2.24, 2.45) is 11.5 Å². The molecule has 0 atom stereocenters. The Morgan fingerprint density at radius 1 is 1.00 bits per heavy atom. The van der Waals surface area contributed by atoms with Crippen molar-refractivity contribution in [3.63, 3.8) is 0 Å². The van der Waals surface area contributed by atoms with Gasteiger partial charge in [-0.05, 0) is 6.92 Å². The molecule has 1 rings (SSSR count). The number of hydrogen-bond donors (Lipinski definition) is 4. The SMILES string of the molecule is Cc1ccccc1.NC(=O)O.NC(=O)O. The van der Waals surface area contributed by atoms with E-state index in [1.807, 2.05) is 18.2 Å². The van der Waals surface area contributed by atoms with Crippen LogP contribution >= 0.6 is 0 Å². The van der Waals surface area contributed by atoms with Crippen LogP contribution in [0.15, 0.2) is 30.3 Å². The van der Waals surface area contributed by atoms with E-state index in [0.29, 0.717) is 0 Å². The first-order valence-electron chi connectivity index (χ1n) is 3.84. The molecule has 0 saturated carbocycles. The molecule has 0 unspecified atom stereocenters. The van der Waals surface area contributed by atoms with Crippen LogP contribution in [0.1, 0.15) is 5.56 Å². The summed E-state index contributed by atoms with van der Waals surface area (Å²) in [7, 11) is 0. The number of aryl methyl sites for hydroxylation is 1. The van der Waals surface area contributed by atoms with Gasteiger partial charge < -0.3 is 21.7 Å². The molecule has 1 aromatic rings. The molecule has 0 saturated heterocycles. The molecular weight excluding hydrogens is 200 g/mol. The van der Waals surface area contributed by atoms with Gasteiger partial charge >= 0.3 is 12.2 Å². The van der Waals surface area contributed by atoms with Gasteiger partial charge in [0.05, 0.1) is 0 Å². The van der Waals surface area contributed by atoms with E-state index in [9.17, 15) is 0 Å². The fourth-order valence-electron chi connectivity index (χ4n) is 0.534. The fraction of sp³-hybridized carbons (Fsp3) is 0.111. The Hall–Kier alpha value is -2.24. The standard InChI is InChI=1S/C7H8.2CH3NO2/c1-7-5-3-2-4-6-7;2*2-1(3)4/h2-6H,1H3;2*2H2,(H,3,4). The maximum absolute atomic E-state index is 8.78. The van der Waals surface area contributed by atoms with E-state index >= 15 is 0 Å². The molecule has 6 heteroatoms. The Kier molecular flexibility index (Phi) is 10.0. The summed E-state index contributed by atoms with van der Waals surface area (Å²) in [6.45, 7) is 2.08. The van der Waals surface area contributed by atoms with E-state index < -0.39 is 12.2 Å². The van der Waals surface area contributed by atoms with Crippen molar-refractivity contribution < 1.29 is 19.8 Å². The Morgan fingerprint density at radius 3 is 1.40 bits per heavy atom. The quantitative estimate of drug-likeness (QED) is 0.518. The van der Waals surface area contributed by atoms with Crippen molar-refractivity contribution in [1.82, 2.24) is 0 Å². The zero-order valence-electron chi connectivity index (χ0n) is 8.25. The lowest BCUT2D eigenvalue weighted by Crippen LogP contribution is -2.03. The summed E-state index contributed by atoms with van der Waals surface area (Å²) in [5, 5.41) is 14.4. The number of carbonyl (C=O) groups is 2. The lowest BCUT2D eigenvalue weighted by Gasteiger charge is -1.82. The number of primary amides is 2. The van der Waals surface area contributed by atoms with Gasteiger partial charge in [-0.25, -0.2) is 9.59 Å². The van der Waals surface area contributed by atoms with E-state index in [2.05, 4.69) is 30.5 Å². The molecule has 0 heterocycles. The second kappa shape index (κ2) is 9.85. The molecule has 0 aliphatic carbocycles. The minimum Gasteiger partial charge on any atom is -0.465 e. The van der Waals surface area contributed by atoms with E-state index in [1.165, 1.54) is 5.56 Å². The topological polar surface area (TPSA) is 127 Å². The summed E-state index contributed by atoms with van der Waals surface area (Å²) in [4.78, 5) is 17.6. The maximum Gasteiger partial charge on any atom is 0.402 e. The molecule has 0 aliphatic rings. The van der Waals surface area contributed by atoms with E-state index in [1.54, 1.807) is 0 Å². The van der Waals surface area contributed by atoms with Crippen LogP contribution in [0.4, 0.5) is 9.59 Å². The van der Waals surface area contributed by atoms with Crippen molar-refractivity contribution in [3.05, 3.63) is 35.9 Å². The van der Waals surface area contributed by atoms with Gasteiger partial charge in [0.2, 0.25) is 0 Å². The Labute approximate surface area is 87.1 Å². The van der Waals surface area contributed by atoms with Crippen LogP contribution in [0, 0.1) is 6.92 Å². The minimum atomic E-state index is -1.33. The van der Waals surface area contributed by atoms with Crippen molar-refractivity contribution in [1.29, 1.82) is 0 Å².